The molecule has 0 rings (SSSR count). The first-order valence-corrected chi connectivity index (χ1v) is 3.03. The molecule has 0 saturated carbocycles. The van der Waals surface area contributed by atoms with E-state index in [2.05, 4.69) is 10.2 Å². The molecule has 0 bridgehead atoms. The number of allylic oxidation sites excluding steroid dienone is 1. The van der Waals surface area contributed by atoms with E-state index in [9.17, 15) is 0 Å². The topological polar surface area (TPSA) is 9.23 Å². The van der Waals surface area contributed by atoms with Gasteiger partial charge in [-0.05, 0) is 13.0 Å². The Labute approximate surface area is 47.8 Å². The van der Waals surface area contributed by atoms with Crippen LogP contribution in [0.2, 0.25) is 6.04 Å². The van der Waals surface area contributed by atoms with Crippen molar-refractivity contribution in [2.24, 2.45) is 0 Å². The second-order valence-corrected chi connectivity index (χ2v) is 1.44. The van der Waals surface area contributed by atoms with Crippen molar-refractivity contribution in [1.82, 2.24) is 0 Å². The summed E-state index contributed by atoms with van der Waals surface area (Å²) in [5, 5.41) is 0. The van der Waals surface area contributed by atoms with Crippen molar-refractivity contribution in [1.29, 1.82) is 0 Å². The van der Waals surface area contributed by atoms with Crippen molar-refractivity contribution in [2.45, 2.75) is 13.0 Å². The van der Waals surface area contributed by atoms with E-state index < -0.39 is 0 Å². The summed E-state index contributed by atoms with van der Waals surface area (Å²) in [6.45, 7) is 2.71. The third kappa shape index (κ3) is 5.76. The Balaban J connectivity index is 2.78. The lowest BCUT2D eigenvalue weighted by Crippen LogP contribution is -1.75. The first-order chi connectivity index (χ1) is 3.41. The van der Waals surface area contributed by atoms with Crippen LogP contribution in [0.1, 0.15) is 6.92 Å². The Morgan fingerprint density at radius 2 is 2.43 bits per heavy atom. The van der Waals surface area contributed by atoms with Gasteiger partial charge in [-0.3, -0.25) is 0 Å². The molecular formula is C5H9OSi. The highest BCUT2D eigenvalue weighted by Crippen LogP contribution is 1.78. The van der Waals surface area contributed by atoms with Crippen LogP contribution in [0, 0.1) is 0 Å². The zero-order valence-corrected chi connectivity index (χ0v) is 5.48. The van der Waals surface area contributed by atoms with Crippen LogP contribution in [0.3, 0.4) is 0 Å². The summed E-state index contributed by atoms with van der Waals surface area (Å²) in [6, 6.07) is 0.861. The first kappa shape index (κ1) is 6.76. The molecule has 0 aromatic heterocycles. The number of hydrogen-bond acceptors (Lipinski definition) is 1. The Bertz CT molecular complexity index is 52.0. The van der Waals surface area contributed by atoms with Crippen LogP contribution in [-0.2, 0) is 4.74 Å². The maximum atomic E-state index is 4.86. The Morgan fingerprint density at radius 3 is 2.86 bits per heavy atom. The molecule has 0 aromatic carbocycles. The molecule has 0 unspecified atom stereocenters. The Hall–Kier alpha value is -0.243. The van der Waals surface area contributed by atoms with E-state index >= 15 is 0 Å². The lowest BCUT2D eigenvalue weighted by atomic mass is 10.7. The van der Waals surface area contributed by atoms with Gasteiger partial charge in [-0.25, -0.2) is 0 Å². The smallest absolute Gasteiger partial charge is 0.0845 e. The van der Waals surface area contributed by atoms with E-state index in [1.165, 1.54) is 0 Å². The lowest BCUT2D eigenvalue weighted by Gasteiger charge is -1.88. The van der Waals surface area contributed by atoms with Gasteiger partial charge >= 0.3 is 0 Å². The van der Waals surface area contributed by atoms with Gasteiger partial charge in [0.05, 0.1) is 12.9 Å². The maximum absolute atomic E-state index is 4.86. The van der Waals surface area contributed by atoms with Crippen LogP contribution in [0.4, 0.5) is 0 Å². The molecule has 0 heterocycles. The highest BCUT2D eigenvalue weighted by Gasteiger charge is 1.65. The predicted molar refractivity (Wildman–Crippen MR) is 31.3 cm³/mol. The standard InChI is InChI=1S/C5H9OSi/c1-2-6-4-3-5-7/h3-4H,2,5H2,1H3. The van der Waals surface area contributed by atoms with E-state index in [0.29, 0.717) is 0 Å². The largest absolute Gasteiger partial charge is 0.502 e. The molecule has 0 amide bonds. The Kier molecular flexibility index (Phi) is 5.56. The van der Waals surface area contributed by atoms with Crippen molar-refractivity contribution in [3.63, 3.8) is 0 Å². The minimum Gasteiger partial charge on any atom is -0.502 e. The van der Waals surface area contributed by atoms with E-state index in [1.807, 2.05) is 13.0 Å². The lowest BCUT2D eigenvalue weighted by molar-refractivity contribution is 0.269. The molecule has 1 nitrogen and oxygen atoms in total. The fraction of sp³-hybridized carbons (Fsp3) is 0.600. The maximum Gasteiger partial charge on any atom is 0.0845 e. The summed E-state index contributed by atoms with van der Waals surface area (Å²) in [6.07, 6.45) is 3.59. The molecule has 39 valence electrons. The summed E-state index contributed by atoms with van der Waals surface area (Å²) in [5.41, 5.74) is 0. The van der Waals surface area contributed by atoms with Crippen molar-refractivity contribution in [3.8, 4) is 0 Å². The van der Waals surface area contributed by atoms with E-state index in [4.69, 9.17) is 4.74 Å². The van der Waals surface area contributed by atoms with Gasteiger partial charge in [0.2, 0.25) is 0 Å². The summed E-state index contributed by atoms with van der Waals surface area (Å²) in [4.78, 5) is 0. The molecule has 0 aliphatic heterocycles. The molecule has 0 aliphatic carbocycles. The number of rotatable bonds is 3. The quantitative estimate of drug-likeness (QED) is 0.394. The fourth-order valence-corrected chi connectivity index (χ4v) is 0.309. The average Bonchev–Trinajstić information content (AvgIpc) is 1.69. The molecule has 0 atom stereocenters. The fourth-order valence-electron chi connectivity index (χ4n) is 0.212. The van der Waals surface area contributed by atoms with Gasteiger partial charge in [0, 0.05) is 10.2 Å². The highest BCUT2D eigenvalue weighted by molar-refractivity contribution is 6.09. The molecule has 0 fully saturated rings. The molecule has 0 aliphatic rings. The normalized spacial score (nSPS) is 10.0. The second-order valence-electron chi connectivity index (χ2n) is 1.03. The molecule has 3 radical (unpaired) electrons. The number of hydrogen-bond donors (Lipinski definition) is 0. The zero-order chi connectivity index (χ0) is 5.54. The van der Waals surface area contributed by atoms with Crippen molar-refractivity contribution >= 4 is 10.2 Å². The summed E-state index contributed by atoms with van der Waals surface area (Å²) < 4.78 is 4.86. The summed E-state index contributed by atoms with van der Waals surface area (Å²) in [5.74, 6) is 0. The SMILES string of the molecule is CCOC=CC[Si]. The van der Waals surface area contributed by atoms with Gasteiger partial charge in [0.25, 0.3) is 0 Å². The molecule has 0 saturated heterocycles. The molecule has 0 N–H and O–H groups in total. The minimum atomic E-state index is 0.753. The van der Waals surface area contributed by atoms with Crippen LogP contribution in [0.15, 0.2) is 12.3 Å². The average molecular weight is 113 g/mol. The minimum absolute atomic E-state index is 0.753. The monoisotopic (exact) mass is 113 g/mol. The van der Waals surface area contributed by atoms with Gasteiger partial charge < -0.3 is 4.74 Å². The van der Waals surface area contributed by atoms with Crippen LogP contribution in [-0.4, -0.2) is 16.8 Å². The van der Waals surface area contributed by atoms with Gasteiger partial charge in [0.1, 0.15) is 0 Å². The van der Waals surface area contributed by atoms with Crippen LogP contribution < -0.4 is 0 Å². The van der Waals surface area contributed by atoms with E-state index in [-0.39, 0.29) is 0 Å². The van der Waals surface area contributed by atoms with Gasteiger partial charge in [0.15, 0.2) is 0 Å². The predicted octanol–water partition coefficient (Wildman–Crippen LogP) is 1.12. The Morgan fingerprint density at radius 1 is 1.71 bits per heavy atom. The van der Waals surface area contributed by atoms with Crippen LogP contribution >= 0.6 is 0 Å². The van der Waals surface area contributed by atoms with Crippen molar-refractivity contribution < 1.29 is 4.74 Å². The third-order valence-corrected chi connectivity index (χ3v) is 0.713. The molecule has 2 heteroatoms. The van der Waals surface area contributed by atoms with Gasteiger partial charge in [-0.2, -0.15) is 0 Å². The van der Waals surface area contributed by atoms with Crippen molar-refractivity contribution in [2.75, 3.05) is 6.61 Å². The van der Waals surface area contributed by atoms with Crippen LogP contribution in [0.5, 0.6) is 0 Å². The third-order valence-electron chi connectivity index (χ3n) is 0.477. The van der Waals surface area contributed by atoms with Gasteiger partial charge in [-0.15, -0.1) is 0 Å². The molecule has 7 heavy (non-hydrogen) atoms. The second kappa shape index (κ2) is 5.76. The highest BCUT2D eigenvalue weighted by atomic mass is 28.1. The zero-order valence-electron chi connectivity index (χ0n) is 4.48. The first-order valence-electron chi connectivity index (χ1n) is 2.33. The molecular weight excluding hydrogens is 104 g/mol. The van der Waals surface area contributed by atoms with E-state index in [1.54, 1.807) is 6.26 Å². The molecule has 0 aromatic rings. The van der Waals surface area contributed by atoms with Gasteiger partial charge in [-0.1, -0.05) is 6.08 Å². The summed E-state index contributed by atoms with van der Waals surface area (Å²) >= 11 is 0. The number of ether oxygens (including phenoxy) is 1. The molecule has 0 spiro atoms. The van der Waals surface area contributed by atoms with Crippen molar-refractivity contribution in [3.05, 3.63) is 12.3 Å². The van der Waals surface area contributed by atoms with E-state index in [0.717, 1.165) is 12.7 Å². The van der Waals surface area contributed by atoms with Crippen LogP contribution in [0.25, 0.3) is 0 Å². The summed E-state index contributed by atoms with van der Waals surface area (Å²) in [7, 11) is 3.25.